The molecule has 144 valence electrons. The summed E-state index contributed by atoms with van der Waals surface area (Å²) in [5.74, 6) is -1.44. The summed E-state index contributed by atoms with van der Waals surface area (Å²) in [6.07, 6.45) is 1.79. The number of carbonyl (C=O) groups excluding carboxylic acids is 2. The minimum atomic E-state index is -0.578. The number of rotatable bonds is 8. The summed E-state index contributed by atoms with van der Waals surface area (Å²) in [5.41, 5.74) is 1.72. The smallest absolute Gasteiger partial charge is 0.341 e. The molecule has 6 heteroatoms. The lowest BCUT2D eigenvalue weighted by Crippen LogP contribution is -2.08. The second kappa shape index (κ2) is 9.62. The first kappa shape index (κ1) is 20.3. The average molecular weight is 372 g/mol. The predicted molar refractivity (Wildman–Crippen MR) is 100 cm³/mol. The van der Waals surface area contributed by atoms with Gasteiger partial charge in [-0.2, -0.15) is 0 Å². The molecule has 0 spiro atoms. The van der Waals surface area contributed by atoms with Crippen LogP contribution >= 0.6 is 0 Å². The summed E-state index contributed by atoms with van der Waals surface area (Å²) in [6.45, 7) is 4.34. The average Bonchev–Trinajstić information content (AvgIpc) is 2.67. The summed E-state index contributed by atoms with van der Waals surface area (Å²) in [5, 5.41) is 19.8. The van der Waals surface area contributed by atoms with E-state index in [-0.39, 0.29) is 35.8 Å². The molecule has 0 saturated heterocycles. The van der Waals surface area contributed by atoms with Crippen LogP contribution in [0.5, 0.6) is 11.5 Å². The normalized spacial score (nSPS) is 10.4. The molecule has 27 heavy (non-hydrogen) atoms. The molecule has 0 aliphatic rings. The van der Waals surface area contributed by atoms with Crippen molar-refractivity contribution in [3.8, 4) is 11.5 Å². The van der Waals surface area contributed by atoms with Crippen molar-refractivity contribution < 1.29 is 29.3 Å². The Balaban J connectivity index is 2.22. The number of carbonyl (C=O) groups is 2. The molecule has 6 nitrogen and oxygen atoms in total. The van der Waals surface area contributed by atoms with Crippen molar-refractivity contribution in [2.75, 3.05) is 13.2 Å². The van der Waals surface area contributed by atoms with Crippen LogP contribution in [0.15, 0.2) is 36.4 Å². The van der Waals surface area contributed by atoms with Gasteiger partial charge in [-0.1, -0.05) is 26.0 Å². The molecule has 0 bridgehead atoms. The van der Waals surface area contributed by atoms with Crippen molar-refractivity contribution in [2.45, 2.75) is 33.1 Å². The molecule has 0 radical (unpaired) electrons. The Morgan fingerprint density at radius 1 is 0.778 bits per heavy atom. The van der Waals surface area contributed by atoms with Gasteiger partial charge in [0.15, 0.2) is 0 Å². The minimum Gasteiger partial charge on any atom is -0.507 e. The molecule has 0 fully saturated rings. The van der Waals surface area contributed by atoms with Crippen LogP contribution < -0.4 is 0 Å². The zero-order valence-corrected chi connectivity index (χ0v) is 15.5. The number of phenols is 2. The van der Waals surface area contributed by atoms with Crippen LogP contribution in [0.25, 0.3) is 0 Å². The molecule has 2 N–H and O–H groups in total. The highest BCUT2D eigenvalue weighted by Crippen LogP contribution is 2.24. The lowest BCUT2D eigenvalue weighted by atomic mass is 10.00. The molecule has 0 amide bonds. The van der Waals surface area contributed by atoms with Crippen LogP contribution in [0.2, 0.25) is 0 Å². The van der Waals surface area contributed by atoms with E-state index in [1.807, 2.05) is 13.8 Å². The van der Waals surface area contributed by atoms with E-state index >= 15 is 0 Å². The summed E-state index contributed by atoms with van der Waals surface area (Å²) >= 11 is 0. The Kier molecular flexibility index (Phi) is 7.23. The van der Waals surface area contributed by atoms with Crippen molar-refractivity contribution in [1.82, 2.24) is 0 Å². The van der Waals surface area contributed by atoms with Crippen molar-refractivity contribution >= 4 is 11.9 Å². The molecule has 2 aromatic rings. The first-order valence-electron chi connectivity index (χ1n) is 8.94. The highest BCUT2D eigenvalue weighted by Gasteiger charge is 2.16. The third kappa shape index (κ3) is 5.48. The van der Waals surface area contributed by atoms with Crippen molar-refractivity contribution in [2.24, 2.45) is 0 Å². The highest BCUT2D eigenvalue weighted by atomic mass is 16.5. The second-order valence-corrected chi connectivity index (χ2v) is 6.15. The molecule has 0 saturated carbocycles. The topological polar surface area (TPSA) is 93.1 Å². The zero-order chi connectivity index (χ0) is 19.8. The Morgan fingerprint density at radius 3 is 1.56 bits per heavy atom. The van der Waals surface area contributed by atoms with Gasteiger partial charge in [0.2, 0.25) is 0 Å². The first-order chi connectivity index (χ1) is 13.0. The molecular formula is C21H24O6. The van der Waals surface area contributed by atoms with E-state index < -0.39 is 11.9 Å². The van der Waals surface area contributed by atoms with Gasteiger partial charge < -0.3 is 19.7 Å². The number of ether oxygens (including phenoxy) is 2. The monoisotopic (exact) mass is 372 g/mol. The van der Waals surface area contributed by atoms with Crippen LogP contribution in [-0.2, 0) is 15.9 Å². The number of hydrogen-bond acceptors (Lipinski definition) is 6. The Morgan fingerprint density at radius 2 is 1.19 bits per heavy atom. The molecule has 0 aliphatic carbocycles. The van der Waals surface area contributed by atoms with E-state index in [4.69, 9.17) is 9.47 Å². The van der Waals surface area contributed by atoms with Crippen molar-refractivity contribution in [3.05, 3.63) is 58.7 Å². The number of phenolic OH excluding ortho intramolecular Hbond substituents is 2. The van der Waals surface area contributed by atoms with Crippen LogP contribution in [0, 0.1) is 0 Å². The fourth-order valence-corrected chi connectivity index (χ4v) is 2.49. The Labute approximate surface area is 158 Å². The Hall–Kier alpha value is -3.02. The lowest BCUT2D eigenvalue weighted by molar-refractivity contribution is 0.0492. The number of hydrogen-bond donors (Lipinski definition) is 2. The molecule has 0 heterocycles. The quantitative estimate of drug-likeness (QED) is 0.684. The number of esters is 2. The van der Waals surface area contributed by atoms with Crippen LogP contribution in [0.4, 0.5) is 0 Å². The van der Waals surface area contributed by atoms with Crippen molar-refractivity contribution in [3.63, 3.8) is 0 Å². The van der Waals surface area contributed by atoms with Gasteiger partial charge in [-0.3, -0.25) is 0 Å². The van der Waals surface area contributed by atoms with E-state index in [9.17, 15) is 19.8 Å². The molecule has 0 atom stereocenters. The summed E-state index contributed by atoms with van der Waals surface area (Å²) in [6, 6.07) is 9.38. The zero-order valence-electron chi connectivity index (χ0n) is 15.5. The minimum absolute atomic E-state index is 0.0994. The van der Waals surface area contributed by atoms with Crippen LogP contribution in [0.3, 0.4) is 0 Å². The predicted octanol–water partition coefficient (Wildman–Crippen LogP) is 3.82. The third-order valence-corrected chi connectivity index (χ3v) is 3.84. The molecule has 0 aliphatic heterocycles. The molecule has 0 unspecified atom stereocenters. The van der Waals surface area contributed by atoms with E-state index in [2.05, 4.69) is 0 Å². The van der Waals surface area contributed by atoms with Gasteiger partial charge in [0.25, 0.3) is 0 Å². The maximum Gasteiger partial charge on any atom is 0.341 e. The fraction of sp³-hybridized carbons (Fsp3) is 0.333. The molecule has 0 aromatic heterocycles. The summed E-state index contributed by atoms with van der Waals surface area (Å²) in [4.78, 5) is 24.1. The molecular weight excluding hydrogens is 348 g/mol. The van der Waals surface area contributed by atoms with Gasteiger partial charge in [-0.15, -0.1) is 0 Å². The van der Waals surface area contributed by atoms with Crippen LogP contribution in [0.1, 0.15) is 58.5 Å². The van der Waals surface area contributed by atoms with Gasteiger partial charge in [0.1, 0.15) is 22.6 Å². The van der Waals surface area contributed by atoms with Gasteiger partial charge >= 0.3 is 11.9 Å². The maximum atomic E-state index is 12.0. The molecule has 2 rings (SSSR count). The lowest BCUT2D eigenvalue weighted by Gasteiger charge is -2.10. The first-order valence-corrected chi connectivity index (χ1v) is 8.94. The van der Waals surface area contributed by atoms with E-state index in [0.29, 0.717) is 19.3 Å². The fourth-order valence-electron chi connectivity index (χ4n) is 2.49. The number of benzene rings is 2. The third-order valence-electron chi connectivity index (χ3n) is 3.84. The number of aromatic hydroxyl groups is 2. The maximum absolute atomic E-state index is 12.0. The largest absolute Gasteiger partial charge is 0.507 e. The summed E-state index contributed by atoms with van der Waals surface area (Å²) < 4.78 is 10.1. The second-order valence-electron chi connectivity index (χ2n) is 6.15. The van der Waals surface area contributed by atoms with Gasteiger partial charge in [-0.05, 0) is 54.7 Å². The van der Waals surface area contributed by atoms with E-state index in [0.717, 1.165) is 11.1 Å². The van der Waals surface area contributed by atoms with E-state index in [1.165, 1.54) is 12.1 Å². The molecule has 2 aromatic carbocycles. The Bertz CT molecular complexity index is 745. The standard InChI is InChI=1S/C21H24O6/c1-3-9-26-20(24)16-12-14(5-7-18(16)22)11-15-6-8-19(23)17(13-15)21(25)27-10-4-2/h5-8,12-13,22-23H,3-4,9-11H2,1-2H3. The SMILES string of the molecule is CCCOC(=O)c1cc(Cc2ccc(O)c(C(=O)OCCC)c2)ccc1O. The van der Waals surface area contributed by atoms with Crippen molar-refractivity contribution in [1.29, 1.82) is 0 Å². The van der Waals surface area contributed by atoms with Gasteiger partial charge in [-0.25, -0.2) is 9.59 Å². The summed E-state index contributed by atoms with van der Waals surface area (Å²) in [7, 11) is 0. The van der Waals surface area contributed by atoms with Gasteiger partial charge in [0.05, 0.1) is 13.2 Å². The van der Waals surface area contributed by atoms with Gasteiger partial charge in [0, 0.05) is 0 Å². The highest BCUT2D eigenvalue weighted by molar-refractivity contribution is 5.93. The van der Waals surface area contributed by atoms with E-state index in [1.54, 1.807) is 24.3 Å². The van der Waals surface area contributed by atoms with Crippen LogP contribution in [-0.4, -0.2) is 35.4 Å².